The summed E-state index contributed by atoms with van der Waals surface area (Å²) in [6.45, 7) is 21.4. The van der Waals surface area contributed by atoms with Gasteiger partial charge in [-0.3, -0.25) is 0 Å². The van der Waals surface area contributed by atoms with Gasteiger partial charge in [-0.05, 0) is 31.9 Å². The second-order valence-corrected chi connectivity index (χ2v) is 15.4. The summed E-state index contributed by atoms with van der Waals surface area (Å²) in [5.74, 6) is 0.870. The van der Waals surface area contributed by atoms with Crippen molar-refractivity contribution in [1.29, 1.82) is 0 Å². The van der Waals surface area contributed by atoms with Gasteiger partial charge in [-0.1, -0.05) is 59.7 Å². The molecule has 0 aromatic carbocycles. The molecule has 2 unspecified atom stereocenters. The molecule has 110 valence electrons. The minimum absolute atomic E-state index is 0.123. The Morgan fingerprint density at radius 1 is 1.00 bits per heavy atom. The van der Waals surface area contributed by atoms with E-state index in [1.165, 1.54) is 19.3 Å². The number of hydrogen-bond acceptors (Lipinski definition) is 1. The van der Waals surface area contributed by atoms with Crippen LogP contribution in [0.4, 0.5) is 0 Å². The highest BCUT2D eigenvalue weighted by Crippen LogP contribution is 2.35. The summed E-state index contributed by atoms with van der Waals surface area (Å²) in [5.41, 5.74) is 0.843. The van der Waals surface area contributed by atoms with Gasteiger partial charge >= 0.3 is 0 Å². The van der Waals surface area contributed by atoms with Crippen molar-refractivity contribution in [2.24, 2.45) is 5.92 Å². The fourth-order valence-corrected chi connectivity index (χ4v) is 7.72. The third kappa shape index (κ3) is 4.82. The Morgan fingerprint density at radius 2 is 1.44 bits per heavy atom. The van der Waals surface area contributed by atoms with Crippen LogP contribution >= 0.6 is 0 Å². The second-order valence-electron chi connectivity index (χ2n) is 7.23. The normalized spacial score (nSPS) is 17.0. The summed E-state index contributed by atoms with van der Waals surface area (Å²) in [5, 5.41) is 0.123. The molecule has 0 aromatic heterocycles. The molecule has 0 aliphatic heterocycles. The first-order valence-corrected chi connectivity index (χ1v) is 13.6. The van der Waals surface area contributed by atoms with Crippen LogP contribution < -0.4 is 0 Å². The molecule has 0 spiro atoms. The van der Waals surface area contributed by atoms with Gasteiger partial charge in [0.1, 0.15) is 0 Å². The van der Waals surface area contributed by atoms with Gasteiger partial charge in [0.15, 0.2) is 9.04 Å². The highest BCUT2D eigenvalue weighted by molar-refractivity contribution is 6.79. The van der Waals surface area contributed by atoms with Gasteiger partial charge in [-0.2, -0.15) is 0 Å². The molecule has 0 N–H and O–H groups in total. The summed E-state index contributed by atoms with van der Waals surface area (Å²) in [6.07, 6.45) is 3.91. The molecule has 0 saturated carbocycles. The molecule has 0 heterocycles. The SMILES string of the molecule is CCC(CC)C(CC)[SiH](C)OC(C)(C)[Si](C)(C)C. The lowest BCUT2D eigenvalue weighted by atomic mass is 9.97. The molecule has 0 fully saturated rings. The molecular formula is C15H36OSi2. The minimum Gasteiger partial charge on any atom is -0.418 e. The zero-order valence-electron chi connectivity index (χ0n) is 14.3. The Bertz CT molecular complexity index is 229. The zero-order chi connectivity index (χ0) is 14.6. The lowest BCUT2D eigenvalue weighted by molar-refractivity contribution is 0.175. The van der Waals surface area contributed by atoms with E-state index in [1.54, 1.807) is 0 Å². The summed E-state index contributed by atoms with van der Waals surface area (Å²) in [4.78, 5) is 0. The maximum absolute atomic E-state index is 6.64. The van der Waals surface area contributed by atoms with Crippen LogP contribution in [0.3, 0.4) is 0 Å². The quantitative estimate of drug-likeness (QED) is 0.556. The van der Waals surface area contributed by atoms with E-state index in [0.29, 0.717) is 0 Å². The van der Waals surface area contributed by atoms with Crippen LogP contribution in [-0.2, 0) is 4.43 Å². The monoisotopic (exact) mass is 288 g/mol. The fourth-order valence-electron chi connectivity index (χ4n) is 2.67. The molecule has 2 atom stereocenters. The Hall–Kier alpha value is 0.394. The summed E-state index contributed by atoms with van der Waals surface area (Å²) in [6, 6.07) is 0. The molecule has 0 radical (unpaired) electrons. The highest BCUT2D eigenvalue weighted by Gasteiger charge is 2.39. The standard InChI is InChI=1S/C15H36OSi2/c1-10-13(11-2)14(12-3)17(6)16-15(4,5)18(7,8)9/h13-14,17H,10-12H2,1-9H3. The minimum atomic E-state index is -1.25. The molecule has 0 amide bonds. The van der Waals surface area contributed by atoms with E-state index in [2.05, 4.69) is 60.8 Å². The second kappa shape index (κ2) is 7.25. The first-order chi connectivity index (χ1) is 8.10. The summed E-state index contributed by atoms with van der Waals surface area (Å²) >= 11 is 0. The van der Waals surface area contributed by atoms with Crippen molar-refractivity contribution in [1.82, 2.24) is 0 Å². The summed E-state index contributed by atoms with van der Waals surface area (Å²) in [7, 11) is -2.35. The number of rotatable bonds is 8. The van der Waals surface area contributed by atoms with Gasteiger partial charge in [-0.25, -0.2) is 0 Å². The maximum Gasteiger partial charge on any atom is 0.177 e. The van der Waals surface area contributed by atoms with Crippen molar-refractivity contribution >= 4 is 17.1 Å². The zero-order valence-corrected chi connectivity index (χ0v) is 16.4. The first-order valence-electron chi connectivity index (χ1n) is 7.78. The molecule has 0 saturated heterocycles. The molecule has 0 aromatic rings. The lowest BCUT2D eigenvalue weighted by Crippen LogP contribution is -2.52. The van der Waals surface area contributed by atoms with E-state index in [9.17, 15) is 0 Å². The molecule has 1 nitrogen and oxygen atoms in total. The van der Waals surface area contributed by atoms with E-state index in [-0.39, 0.29) is 5.22 Å². The first kappa shape index (κ1) is 18.4. The molecule has 0 aliphatic carbocycles. The van der Waals surface area contributed by atoms with Crippen molar-refractivity contribution in [2.45, 2.75) is 90.8 Å². The van der Waals surface area contributed by atoms with Crippen molar-refractivity contribution < 1.29 is 4.43 Å². The highest BCUT2D eigenvalue weighted by atomic mass is 28.3. The molecule has 0 aliphatic rings. The summed E-state index contributed by atoms with van der Waals surface area (Å²) < 4.78 is 6.64. The predicted molar refractivity (Wildman–Crippen MR) is 89.6 cm³/mol. The maximum atomic E-state index is 6.64. The molecule has 3 heteroatoms. The van der Waals surface area contributed by atoms with Crippen molar-refractivity contribution in [3.05, 3.63) is 0 Å². The topological polar surface area (TPSA) is 9.23 Å². The Labute approximate surface area is 118 Å². The van der Waals surface area contributed by atoms with Crippen LogP contribution in [0.15, 0.2) is 0 Å². The lowest BCUT2D eigenvalue weighted by Gasteiger charge is -2.42. The van der Waals surface area contributed by atoms with Crippen LogP contribution in [0.5, 0.6) is 0 Å². The van der Waals surface area contributed by atoms with Crippen molar-refractivity contribution in [2.75, 3.05) is 0 Å². The third-order valence-electron chi connectivity index (χ3n) is 5.02. The average molecular weight is 289 g/mol. The van der Waals surface area contributed by atoms with Crippen LogP contribution in [0.1, 0.15) is 53.9 Å². The van der Waals surface area contributed by atoms with Gasteiger partial charge in [0, 0.05) is 5.22 Å². The van der Waals surface area contributed by atoms with Crippen LogP contribution in [0.2, 0.25) is 31.7 Å². The van der Waals surface area contributed by atoms with Gasteiger partial charge in [-0.15, -0.1) is 0 Å². The molecule has 0 rings (SSSR count). The van der Waals surface area contributed by atoms with Crippen LogP contribution in [0, 0.1) is 5.92 Å². The largest absolute Gasteiger partial charge is 0.418 e. The average Bonchev–Trinajstić information content (AvgIpc) is 2.22. The Balaban J connectivity index is 4.77. The van der Waals surface area contributed by atoms with Crippen molar-refractivity contribution in [3.8, 4) is 0 Å². The van der Waals surface area contributed by atoms with E-state index in [4.69, 9.17) is 4.43 Å². The predicted octanol–water partition coefficient (Wildman–Crippen LogP) is 5.23. The number of hydrogen-bond donors (Lipinski definition) is 0. The van der Waals surface area contributed by atoms with Gasteiger partial charge in [0.05, 0.1) is 8.07 Å². The van der Waals surface area contributed by atoms with Crippen molar-refractivity contribution in [3.63, 3.8) is 0 Å². The van der Waals surface area contributed by atoms with E-state index in [1.807, 2.05) is 0 Å². The van der Waals surface area contributed by atoms with E-state index in [0.717, 1.165) is 11.5 Å². The van der Waals surface area contributed by atoms with Gasteiger partial charge < -0.3 is 4.43 Å². The fraction of sp³-hybridized carbons (Fsp3) is 1.00. The van der Waals surface area contributed by atoms with Gasteiger partial charge in [0.2, 0.25) is 0 Å². The smallest absolute Gasteiger partial charge is 0.177 e. The molecular weight excluding hydrogens is 252 g/mol. The van der Waals surface area contributed by atoms with Gasteiger partial charge in [0.25, 0.3) is 0 Å². The Morgan fingerprint density at radius 3 is 1.72 bits per heavy atom. The molecule has 0 bridgehead atoms. The van der Waals surface area contributed by atoms with Crippen LogP contribution in [0.25, 0.3) is 0 Å². The third-order valence-corrected chi connectivity index (χ3v) is 12.2. The molecule has 18 heavy (non-hydrogen) atoms. The van der Waals surface area contributed by atoms with Crippen LogP contribution in [-0.4, -0.2) is 22.3 Å². The van der Waals surface area contributed by atoms with E-state index < -0.39 is 17.1 Å². The Kier molecular flexibility index (Phi) is 7.41. The van der Waals surface area contributed by atoms with E-state index >= 15 is 0 Å².